The molecule has 2 heterocycles. The van der Waals surface area contributed by atoms with Crippen LogP contribution in [0.25, 0.3) is 0 Å². The molecule has 0 bridgehead atoms. The first-order valence-electron chi connectivity index (χ1n) is 7.49. The van der Waals surface area contributed by atoms with Crippen molar-refractivity contribution in [2.75, 3.05) is 25.6 Å². The van der Waals surface area contributed by atoms with Crippen molar-refractivity contribution >= 4 is 23.2 Å². The largest absolute Gasteiger partial charge is 0.480 e. The predicted molar refractivity (Wildman–Crippen MR) is 89.8 cm³/mol. The molecule has 126 valence electrons. The molecule has 1 aromatic heterocycles. The number of nitrogens with zero attached hydrogens (tertiary/aromatic N) is 1. The highest BCUT2D eigenvalue weighted by molar-refractivity contribution is 6.30. The number of anilines is 1. The third kappa shape index (κ3) is 3.96. The number of methoxy groups -OCH3 is 1. The van der Waals surface area contributed by atoms with Crippen molar-refractivity contribution in [3.05, 3.63) is 47.1 Å². The van der Waals surface area contributed by atoms with Crippen LogP contribution in [-0.4, -0.2) is 37.3 Å². The number of rotatable bonds is 6. The Morgan fingerprint density at radius 1 is 1.38 bits per heavy atom. The van der Waals surface area contributed by atoms with Crippen LogP contribution in [0, 0.1) is 0 Å². The molecule has 0 saturated heterocycles. The summed E-state index contributed by atoms with van der Waals surface area (Å²) in [7, 11) is 1.60. The maximum atomic E-state index is 12.3. The maximum Gasteiger partial charge on any atom is 0.265 e. The van der Waals surface area contributed by atoms with Crippen molar-refractivity contribution in [1.29, 1.82) is 0 Å². The topological polar surface area (TPSA) is 69.7 Å². The fourth-order valence-corrected chi connectivity index (χ4v) is 2.55. The maximum absolute atomic E-state index is 12.3. The van der Waals surface area contributed by atoms with E-state index in [1.54, 1.807) is 37.6 Å². The van der Waals surface area contributed by atoms with E-state index in [2.05, 4.69) is 10.3 Å². The zero-order valence-electron chi connectivity index (χ0n) is 13.1. The fourth-order valence-electron chi connectivity index (χ4n) is 2.36. The van der Waals surface area contributed by atoms with Gasteiger partial charge in [-0.15, -0.1) is 0 Å². The molecule has 0 unspecified atom stereocenters. The number of halogens is 1. The number of carbonyl (C=O) groups is 1. The Labute approximate surface area is 144 Å². The van der Waals surface area contributed by atoms with E-state index in [0.29, 0.717) is 42.0 Å². The third-order valence-electron chi connectivity index (χ3n) is 3.53. The zero-order chi connectivity index (χ0) is 16.9. The molecule has 6 nitrogen and oxygen atoms in total. The standard InChI is InChI=1S/C17H17ClN2O4/c1-22-6-7-23-16-5-3-13(10-19-16)20-17(21)15-9-11-8-12(18)2-4-14(11)24-15/h2-5,8,10,15H,6-7,9H2,1H3,(H,20,21)/t15-/m1/s1. The van der Waals surface area contributed by atoms with E-state index >= 15 is 0 Å². The molecular weight excluding hydrogens is 332 g/mol. The highest BCUT2D eigenvalue weighted by atomic mass is 35.5. The molecular formula is C17H17ClN2O4. The fraction of sp³-hybridized carbons (Fsp3) is 0.294. The van der Waals surface area contributed by atoms with Crippen molar-refractivity contribution in [3.8, 4) is 11.6 Å². The summed E-state index contributed by atoms with van der Waals surface area (Å²) in [6.45, 7) is 0.912. The number of benzene rings is 1. The van der Waals surface area contributed by atoms with Gasteiger partial charge in [0.1, 0.15) is 12.4 Å². The molecule has 0 aliphatic carbocycles. The number of carbonyl (C=O) groups excluding carboxylic acids is 1. The van der Waals surface area contributed by atoms with E-state index in [4.69, 9.17) is 25.8 Å². The number of pyridine rings is 1. The minimum Gasteiger partial charge on any atom is -0.480 e. The second-order valence-electron chi connectivity index (χ2n) is 5.28. The summed E-state index contributed by atoms with van der Waals surface area (Å²) < 4.78 is 15.9. The summed E-state index contributed by atoms with van der Waals surface area (Å²) in [5.41, 5.74) is 1.51. The van der Waals surface area contributed by atoms with Gasteiger partial charge < -0.3 is 19.5 Å². The van der Waals surface area contributed by atoms with Gasteiger partial charge in [-0.05, 0) is 29.8 Å². The Bertz CT molecular complexity index is 721. The van der Waals surface area contributed by atoms with Gasteiger partial charge in [-0.2, -0.15) is 0 Å². The lowest BCUT2D eigenvalue weighted by Gasteiger charge is -2.11. The molecule has 1 N–H and O–H groups in total. The molecule has 7 heteroatoms. The quantitative estimate of drug-likeness (QED) is 0.813. The summed E-state index contributed by atoms with van der Waals surface area (Å²) >= 11 is 5.96. The molecule has 1 amide bonds. The number of ether oxygens (including phenoxy) is 3. The minimum atomic E-state index is -0.573. The lowest BCUT2D eigenvalue weighted by atomic mass is 10.1. The van der Waals surface area contributed by atoms with Gasteiger partial charge in [-0.25, -0.2) is 4.98 Å². The van der Waals surface area contributed by atoms with Crippen LogP contribution in [-0.2, 0) is 16.0 Å². The van der Waals surface area contributed by atoms with Crippen LogP contribution in [0.1, 0.15) is 5.56 Å². The monoisotopic (exact) mass is 348 g/mol. The lowest BCUT2D eigenvalue weighted by Crippen LogP contribution is -2.31. The van der Waals surface area contributed by atoms with Crippen LogP contribution in [0.4, 0.5) is 5.69 Å². The van der Waals surface area contributed by atoms with Crippen LogP contribution in [0.2, 0.25) is 5.02 Å². The Morgan fingerprint density at radius 2 is 2.25 bits per heavy atom. The summed E-state index contributed by atoms with van der Waals surface area (Å²) in [5, 5.41) is 3.42. The van der Waals surface area contributed by atoms with Gasteiger partial charge in [0.25, 0.3) is 5.91 Å². The first-order valence-corrected chi connectivity index (χ1v) is 7.87. The Morgan fingerprint density at radius 3 is 3.00 bits per heavy atom. The van der Waals surface area contributed by atoms with Crippen LogP contribution in [0.3, 0.4) is 0 Å². The van der Waals surface area contributed by atoms with E-state index < -0.39 is 6.10 Å². The average molecular weight is 349 g/mol. The molecule has 3 rings (SSSR count). The van der Waals surface area contributed by atoms with E-state index in [1.807, 2.05) is 6.07 Å². The molecule has 0 spiro atoms. The van der Waals surface area contributed by atoms with Gasteiger partial charge in [0.2, 0.25) is 5.88 Å². The number of hydrogen-bond acceptors (Lipinski definition) is 5. The van der Waals surface area contributed by atoms with Crippen LogP contribution in [0.15, 0.2) is 36.5 Å². The smallest absolute Gasteiger partial charge is 0.265 e. The van der Waals surface area contributed by atoms with Gasteiger partial charge in [0.05, 0.1) is 18.5 Å². The summed E-state index contributed by atoms with van der Waals surface area (Å²) in [6.07, 6.45) is 1.46. The van der Waals surface area contributed by atoms with Crippen molar-refractivity contribution in [1.82, 2.24) is 4.98 Å². The molecule has 0 fully saturated rings. The number of amides is 1. The highest BCUT2D eigenvalue weighted by Gasteiger charge is 2.29. The van der Waals surface area contributed by atoms with Gasteiger partial charge in [-0.1, -0.05) is 11.6 Å². The van der Waals surface area contributed by atoms with Crippen molar-refractivity contribution in [2.24, 2.45) is 0 Å². The SMILES string of the molecule is COCCOc1ccc(NC(=O)[C@H]2Cc3cc(Cl)ccc3O2)cn1. The molecule has 0 radical (unpaired) electrons. The Kier molecular flexibility index (Phi) is 5.17. The summed E-state index contributed by atoms with van der Waals surface area (Å²) in [6, 6.07) is 8.75. The van der Waals surface area contributed by atoms with E-state index in [0.717, 1.165) is 5.56 Å². The first-order chi connectivity index (χ1) is 11.7. The van der Waals surface area contributed by atoms with E-state index in [9.17, 15) is 4.79 Å². The van der Waals surface area contributed by atoms with Gasteiger partial charge in [-0.3, -0.25) is 4.79 Å². The molecule has 0 saturated carbocycles. The normalized spacial score (nSPS) is 15.5. The molecule has 2 aromatic rings. The van der Waals surface area contributed by atoms with Crippen LogP contribution in [0.5, 0.6) is 11.6 Å². The second kappa shape index (κ2) is 7.51. The molecule has 1 aliphatic heterocycles. The van der Waals surface area contributed by atoms with Crippen molar-refractivity contribution < 1.29 is 19.0 Å². The highest BCUT2D eigenvalue weighted by Crippen LogP contribution is 2.31. The molecule has 24 heavy (non-hydrogen) atoms. The second-order valence-corrected chi connectivity index (χ2v) is 5.71. The zero-order valence-corrected chi connectivity index (χ0v) is 13.9. The van der Waals surface area contributed by atoms with Gasteiger partial charge >= 0.3 is 0 Å². The molecule has 1 atom stereocenters. The summed E-state index contributed by atoms with van der Waals surface area (Å²) in [4.78, 5) is 16.4. The van der Waals surface area contributed by atoms with Crippen molar-refractivity contribution in [3.63, 3.8) is 0 Å². The number of nitrogens with one attached hydrogen (secondary N) is 1. The first kappa shape index (κ1) is 16.5. The van der Waals surface area contributed by atoms with Gasteiger partial charge in [0.15, 0.2) is 6.10 Å². The minimum absolute atomic E-state index is 0.225. The van der Waals surface area contributed by atoms with E-state index in [1.165, 1.54) is 0 Å². The van der Waals surface area contributed by atoms with E-state index in [-0.39, 0.29) is 5.91 Å². The number of hydrogen-bond donors (Lipinski definition) is 1. The van der Waals surface area contributed by atoms with Crippen molar-refractivity contribution in [2.45, 2.75) is 12.5 Å². The lowest BCUT2D eigenvalue weighted by molar-refractivity contribution is -0.122. The van der Waals surface area contributed by atoms with Gasteiger partial charge in [0, 0.05) is 24.6 Å². The summed E-state index contributed by atoms with van der Waals surface area (Å²) in [5.74, 6) is 0.945. The Hall–Kier alpha value is -2.31. The van der Waals surface area contributed by atoms with Crippen LogP contribution < -0.4 is 14.8 Å². The molecule has 1 aromatic carbocycles. The van der Waals surface area contributed by atoms with Crippen LogP contribution >= 0.6 is 11.6 Å². The number of aromatic nitrogens is 1. The predicted octanol–water partition coefficient (Wildman–Crippen LogP) is 2.70. The number of fused-ring (bicyclic) bond motifs is 1. The average Bonchev–Trinajstić information content (AvgIpc) is 3.00. The third-order valence-corrected chi connectivity index (χ3v) is 3.77. The molecule has 1 aliphatic rings. The Balaban J connectivity index is 1.56.